The van der Waals surface area contributed by atoms with Crippen LogP contribution in [0, 0.1) is 0 Å². The highest BCUT2D eigenvalue weighted by Crippen LogP contribution is 2.34. The lowest BCUT2D eigenvalue weighted by molar-refractivity contribution is 0.0141. The number of rotatable bonds is 8. The predicted octanol–water partition coefficient (Wildman–Crippen LogP) is 6.74. The summed E-state index contributed by atoms with van der Waals surface area (Å²) in [6, 6.07) is 27.8. The standard InChI is InChI=1S/C29H36N4O5.C24H28N4O3/c1-29(2,3)38-28(36)33-17-15-32(16-18-33)26(34)22-9-7-20(8-10-22)19-31-13-11-21(12-14-31)23-5-4-6-24-25(23)37-27(35)30-24;29-23(28-14-10-25-11-15-28)19-6-4-17(5-7-19)16-27-12-8-18(9-13-27)20-2-1-3-21-22(20)31-24(30)26-21/h4-10,21H,11-19H2,1-3H3,(H,30,35);1-7,18,25H,8-16H2,(H,26,30). The maximum absolute atomic E-state index is 13.0. The molecular weight excluding hydrogens is 877 g/mol. The number of carbonyl (C=O) groups excluding carboxylic acids is 3. The number of oxazole rings is 2. The summed E-state index contributed by atoms with van der Waals surface area (Å²) < 4.78 is 16.2. The van der Waals surface area contributed by atoms with Crippen molar-refractivity contribution in [1.82, 2.24) is 39.8 Å². The zero-order valence-corrected chi connectivity index (χ0v) is 40.0. The van der Waals surface area contributed by atoms with Crippen LogP contribution in [0.5, 0.6) is 0 Å². The molecule has 6 heterocycles. The predicted molar refractivity (Wildman–Crippen MR) is 264 cm³/mol. The topological polar surface area (TPSA) is 181 Å². The van der Waals surface area contributed by atoms with Crippen molar-refractivity contribution < 1.29 is 28.0 Å². The summed E-state index contributed by atoms with van der Waals surface area (Å²) in [4.78, 5) is 76.9. The number of piperidine rings is 2. The highest BCUT2D eigenvalue weighted by Gasteiger charge is 2.29. The van der Waals surface area contributed by atoms with E-state index in [9.17, 15) is 24.0 Å². The van der Waals surface area contributed by atoms with Gasteiger partial charge in [0, 0.05) is 87.7 Å². The number of benzene rings is 4. The second kappa shape index (κ2) is 21.0. The number of para-hydroxylation sites is 2. The molecule has 0 bridgehead atoms. The molecule has 2 aromatic heterocycles. The van der Waals surface area contributed by atoms with Crippen LogP contribution in [-0.4, -0.2) is 137 Å². The number of fused-ring (bicyclic) bond motifs is 2. The van der Waals surface area contributed by atoms with E-state index >= 15 is 0 Å². The van der Waals surface area contributed by atoms with Gasteiger partial charge in [0.15, 0.2) is 11.2 Å². The first-order valence-corrected chi connectivity index (χ1v) is 24.5. The van der Waals surface area contributed by atoms with Gasteiger partial charge in [0.1, 0.15) is 5.60 Å². The molecule has 0 saturated carbocycles. The second-order valence-corrected chi connectivity index (χ2v) is 19.8. The van der Waals surface area contributed by atoms with Crippen LogP contribution in [0.3, 0.4) is 0 Å². The summed E-state index contributed by atoms with van der Waals surface area (Å²) in [7, 11) is 0. The zero-order valence-electron chi connectivity index (χ0n) is 40.0. The minimum Gasteiger partial charge on any atom is -0.444 e. The van der Waals surface area contributed by atoms with Gasteiger partial charge in [0.25, 0.3) is 11.8 Å². The van der Waals surface area contributed by atoms with Crippen LogP contribution in [0.1, 0.15) is 101 Å². The van der Waals surface area contributed by atoms with E-state index in [1.54, 1.807) is 9.80 Å². The summed E-state index contributed by atoms with van der Waals surface area (Å²) >= 11 is 0. The van der Waals surface area contributed by atoms with Crippen molar-refractivity contribution >= 4 is 40.1 Å². The van der Waals surface area contributed by atoms with E-state index in [0.29, 0.717) is 54.7 Å². The van der Waals surface area contributed by atoms with Crippen LogP contribution >= 0.6 is 0 Å². The molecule has 4 aliphatic rings. The number of H-pyrrole nitrogens is 2. The Balaban J connectivity index is 0.000000175. The van der Waals surface area contributed by atoms with Crippen molar-refractivity contribution in [2.75, 3.05) is 78.5 Å². The Kier molecular flexibility index (Phi) is 14.5. The van der Waals surface area contributed by atoms with Crippen molar-refractivity contribution in [2.45, 2.75) is 77.0 Å². The molecule has 0 unspecified atom stereocenters. The number of nitrogens with one attached hydrogen (secondary N) is 3. The molecule has 0 radical (unpaired) electrons. The van der Waals surface area contributed by atoms with Crippen molar-refractivity contribution in [1.29, 1.82) is 0 Å². The highest BCUT2D eigenvalue weighted by molar-refractivity contribution is 5.95. The van der Waals surface area contributed by atoms with Crippen molar-refractivity contribution in [3.63, 3.8) is 0 Å². The van der Waals surface area contributed by atoms with Gasteiger partial charge in [-0.25, -0.2) is 14.4 Å². The molecule has 69 heavy (non-hydrogen) atoms. The SMILES string of the molecule is CC(C)(C)OC(=O)N1CCN(C(=O)c2ccc(CN3CCC(c4cccc5[nH]c(=O)oc45)CC3)cc2)CC1.O=C(c1ccc(CN2CCC(c3cccc4[nH]c(=O)oc34)CC2)cc1)N1CCNCC1. The Morgan fingerprint density at radius 1 is 0.551 bits per heavy atom. The number of ether oxygens (including phenoxy) is 1. The van der Waals surface area contributed by atoms with E-state index in [2.05, 4.69) is 49.4 Å². The molecule has 10 rings (SSSR count). The summed E-state index contributed by atoms with van der Waals surface area (Å²) in [6.07, 6.45) is 3.74. The molecule has 4 aliphatic heterocycles. The van der Waals surface area contributed by atoms with Gasteiger partial charge in [0.2, 0.25) is 0 Å². The molecule has 4 fully saturated rings. The minimum atomic E-state index is -0.530. The third-order valence-electron chi connectivity index (χ3n) is 13.8. The fourth-order valence-corrected chi connectivity index (χ4v) is 10.1. The molecule has 0 spiro atoms. The quantitative estimate of drug-likeness (QED) is 0.147. The fourth-order valence-electron chi connectivity index (χ4n) is 10.1. The normalized spacial score (nSPS) is 18.0. The summed E-state index contributed by atoms with van der Waals surface area (Å²) in [6.45, 7) is 16.4. The number of likely N-dealkylation sites (tertiary alicyclic amines) is 2. The van der Waals surface area contributed by atoms with Gasteiger partial charge in [-0.3, -0.25) is 29.4 Å². The van der Waals surface area contributed by atoms with Crippen LogP contribution in [-0.2, 0) is 17.8 Å². The van der Waals surface area contributed by atoms with Crippen molar-refractivity contribution in [2.24, 2.45) is 0 Å². The molecule has 6 aromatic rings. The second-order valence-electron chi connectivity index (χ2n) is 19.8. The molecule has 364 valence electrons. The maximum Gasteiger partial charge on any atom is 0.417 e. The van der Waals surface area contributed by atoms with Crippen LogP contribution in [0.4, 0.5) is 4.79 Å². The molecular formula is C53H64N8O8. The Bertz CT molecular complexity index is 2830. The summed E-state index contributed by atoms with van der Waals surface area (Å²) in [5, 5.41) is 3.28. The van der Waals surface area contributed by atoms with Gasteiger partial charge in [-0.2, -0.15) is 0 Å². The monoisotopic (exact) mass is 940 g/mol. The first kappa shape index (κ1) is 47.6. The van der Waals surface area contributed by atoms with Gasteiger partial charge in [-0.1, -0.05) is 48.5 Å². The number of piperazine rings is 2. The zero-order chi connectivity index (χ0) is 48.1. The third-order valence-corrected chi connectivity index (χ3v) is 13.8. The molecule has 16 heteroatoms. The van der Waals surface area contributed by atoms with E-state index in [-0.39, 0.29) is 17.9 Å². The molecule has 0 atom stereocenters. The maximum atomic E-state index is 13.0. The lowest BCUT2D eigenvalue weighted by Crippen LogP contribution is -2.51. The van der Waals surface area contributed by atoms with Gasteiger partial charge in [-0.05, 0) is 132 Å². The van der Waals surface area contributed by atoms with E-state index in [0.717, 1.165) is 119 Å². The summed E-state index contributed by atoms with van der Waals surface area (Å²) in [5.41, 5.74) is 8.47. The Morgan fingerprint density at radius 2 is 0.957 bits per heavy atom. The number of nitrogens with zero attached hydrogens (tertiary/aromatic N) is 5. The van der Waals surface area contributed by atoms with Crippen LogP contribution < -0.4 is 16.8 Å². The van der Waals surface area contributed by atoms with Crippen LogP contribution in [0.25, 0.3) is 22.2 Å². The molecule has 3 amide bonds. The van der Waals surface area contributed by atoms with Gasteiger partial charge >= 0.3 is 17.6 Å². The number of amides is 3. The average Bonchev–Trinajstić information content (AvgIpc) is 3.95. The van der Waals surface area contributed by atoms with Crippen molar-refractivity contribution in [3.8, 4) is 0 Å². The molecule has 0 aliphatic carbocycles. The lowest BCUT2D eigenvalue weighted by atomic mass is 9.88. The third kappa shape index (κ3) is 11.7. The number of aromatic nitrogens is 2. The Labute approximate surface area is 401 Å². The van der Waals surface area contributed by atoms with Gasteiger partial charge in [-0.15, -0.1) is 0 Å². The first-order chi connectivity index (χ1) is 33.3. The van der Waals surface area contributed by atoms with Crippen LogP contribution in [0.2, 0.25) is 0 Å². The molecule has 4 aromatic carbocycles. The van der Waals surface area contributed by atoms with Crippen molar-refractivity contribution in [3.05, 3.63) is 139 Å². The number of hydrogen-bond acceptors (Lipinski definition) is 11. The lowest BCUT2D eigenvalue weighted by Gasteiger charge is -2.35. The Hall–Kier alpha value is -6.49. The largest absolute Gasteiger partial charge is 0.444 e. The van der Waals surface area contributed by atoms with E-state index < -0.39 is 17.1 Å². The molecule has 3 N–H and O–H groups in total. The van der Waals surface area contributed by atoms with Gasteiger partial charge in [0.05, 0.1) is 11.0 Å². The Morgan fingerprint density at radius 3 is 1.38 bits per heavy atom. The fraction of sp³-hybridized carbons (Fsp3) is 0.453. The smallest absolute Gasteiger partial charge is 0.417 e. The first-order valence-electron chi connectivity index (χ1n) is 24.5. The van der Waals surface area contributed by atoms with Crippen LogP contribution in [0.15, 0.2) is 103 Å². The van der Waals surface area contributed by atoms with E-state index in [1.165, 1.54) is 11.1 Å². The number of aromatic amines is 2. The van der Waals surface area contributed by atoms with Gasteiger partial charge < -0.3 is 33.6 Å². The minimum absolute atomic E-state index is 0.00761. The average molecular weight is 941 g/mol. The molecule has 16 nitrogen and oxygen atoms in total. The highest BCUT2D eigenvalue weighted by atomic mass is 16.6. The molecule has 4 saturated heterocycles. The van der Waals surface area contributed by atoms with E-state index in [1.807, 2.05) is 86.3 Å². The van der Waals surface area contributed by atoms with E-state index in [4.69, 9.17) is 13.6 Å². The number of carbonyl (C=O) groups is 3. The summed E-state index contributed by atoms with van der Waals surface area (Å²) in [5.74, 6) is 0.0856. The number of hydrogen-bond donors (Lipinski definition) is 3.